The molecule has 0 amide bonds. The molecule has 26 heavy (non-hydrogen) atoms. The molecule has 0 bridgehead atoms. The standard InChI is InChI=1S/C21H22ClN3O/c1-15(2)17-5-9-19(10-6-17)25-14-13-24-20(21(25)26)23-12-11-16-3-7-18(22)8-4-16/h3-10,13-15H,11-12H2,1-2H3,(H,23,24). The van der Waals surface area contributed by atoms with Crippen LogP contribution in [0.15, 0.2) is 65.7 Å². The van der Waals surface area contributed by atoms with Gasteiger partial charge in [-0.1, -0.05) is 49.7 Å². The maximum atomic E-state index is 12.7. The van der Waals surface area contributed by atoms with Gasteiger partial charge in [0, 0.05) is 29.6 Å². The molecule has 0 atom stereocenters. The zero-order valence-electron chi connectivity index (χ0n) is 14.9. The molecule has 0 fully saturated rings. The Hall–Kier alpha value is -2.59. The number of rotatable bonds is 6. The summed E-state index contributed by atoms with van der Waals surface area (Å²) in [6, 6.07) is 15.7. The summed E-state index contributed by atoms with van der Waals surface area (Å²) in [6.45, 7) is 4.92. The van der Waals surface area contributed by atoms with Crippen molar-refractivity contribution in [3.05, 3.63) is 87.4 Å². The minimum atomic E-state index is -0.152. The second-order valence-electron chi connectivity index (χ2n) is 6.50. The number of aromatic nitrogens is 2. The molecule has 3 rings (SSSR count). The Labute approximate surface area is 158 Å². The molecule has 0 spiro atoms. The monoisotopic (exact) mass is 367 g/mol. The van der Waals surface area contributed by atoms with E-state index in [0.717, 1.165) is 22.7 Å². The van der Waals surface area contributed by atoms with E-state index >= 15 is 0 Å². The van der Waals surface area contributed by atoms with Crippen molar-refractivity contribution in [2.24, 2.45) is 0 Å². The van der Waals surface area contributed by atoms with Crippen molar-refractivity contribution < 1.29 is 0 Å². The summed E-state index contributed by atoms with van der Waals surface area (Å²) in [4.78, 5) is 16.9. The molecule has 134 valence electrons. The van der Waals surface area contributed by atoms with Crippen LogP contribution in [0.2, 0.25) is 5.02 Å². The summed E-state index contributed by atoms with van der Waals surface area (Å²) >= 11 is 5.90. The van der Waals surface area contributed by atoms with E-state index in [9.17, 15) is 4.79 Å². The van der Waals surface area contributed by atoms with Gasteiger partial charge < -0.3 is 5.32 Å². The molecular weight excluding hydrogens is 346 g/mol. The van der Waals surface area contributed by atoms with Crippen molar-refractivity contribution in [3.63, 3.8) is 0 Å². The highest BCUT2D eigenvalue weighted by molar-refractivity contribution is 6.30. The molecule has 3 aromatic rings. The average molecular weight is 368 g/mol. The summed E-state index contributed by atoms with van der Waals surface area (Å²) in [5.74, 6) is 0.817. The number of hydrogen-bond donors (Lipinski definition) is 1. The number of nitrogens with one attached hydrogen (secondary N) is 1. The Bertz CT molecular complexity index is 915. The lowest BCUT2D eigenvalue weighted by Gasteiger charge is -2.11. The third-order valence-electron chi connectivity index (χ3n) is 4.30. The Balaban J connectivity index is 1.72. The van der Waals surface area contributed by atoms with Crippen molar-refractivity contribution in [2.45, 2.75) is 26.2 Å². The van der Waals surface area contributed by atoms with E-state index in [-0.39, 0.29) is 5.56 Å². The number of benzene rings is 2. The van der Waals surface area contributed by atoms with Crippen LogP contribution in [0.4, 0.5) is 5.82 Å². The largest absolute Gasteiger partial charge is 0.365 e. The van der Waals surface area contributed by atoms with Gasteiger partial charge in [-0.3, -0.25) is 9.36 Å². The first-order valence-corrected chi connectivity index (χ1v) is 9.08. The van der Waals surface area contributed by atoms with Crippen LogP contribution in [0.1, 0.15) is 30.9 Å². The molecule has 0 unspecified atom stereocenters. The SMILES string of the molecule is CC(C)c1ccc(-n2ccnc(NCCc3ccc(Cl)cc3)c2=O)cc1. The van der Waals surface area contributed by atoms with Gasteiger partial charge in [0.15, 0.2) is 5.82 Å². The number of hydrogen-bond acceptors (Lipinski definition) is 3. The minimum absolute atomic E-state index is 0.152. The fourth-order valence-corrected chi connectivity index (χ4v) is 2.86. The lowest BCUT2D eigenvalue weighted by molar-refractivity contribution is 0.863. The molecule has 0 saturated carbocycles. The maximum absolute atomic E-state index is 12.7. The Morgan fingerprint density at radius 1 is 1.08 bits per heavy atom. The first-order chi connectivity index (χ1) is 12.5. The van der Waals surface area contributed by atoms with Gasteiger partial charge in [-0.25, -0.2) is 4.98 Å². The predicted octanol–water partition coefficient (Wildman–Crippen LogP) is 4.66. The Morgan fingerprint density at radius 3 is 2.42 bits per heavy atom. The topological polar surface area (TPSA) is 46.9 Å². The van der Waals surface area contributed by atoms with Gasteiger partial charge in [-0.15, -0.1) is 0 Å². The van der Waals surface area contributed by atoms with Gasteiger partial charge in [-0.05, 0) is 47.7 Å². The van der Waals surface area contributed by atoms with Crippen LogP contribution >= 0.6 is 11.6 Å². The smallest absolute Gasteiger partial charge is 0.297 e. The highest BCUT2D eigenvalue weighted by Crippen LogP contribution is 2.16. The summed E-state index contributed by atoms with van der Waals surface area (Å²) in [5, 5.41) is 3.86. The molecule has 5 heteroatoms. The first-order valence-electron chi connectivity index (χ1n) is 8.71. The molecule has 1 heterocycles. The van der Waals surface area contributed by atoms with Gasteiger partial charge >= 0.3 is 0 Å². The quantitative estimate of drug-likeness (QED) is 0.689. The van der Waals surface area contributed by atoms with Gasteiger partial charge in [0.25, 0.3) is 5.56 Å². The van der Waals surface area contributed by atoms with Crippen LogP contribution in [-0.2, 0) is 6.42 Å². The van der Waals surface area contributed by atoms with Crippen LogP contribution in [0, 0.1) is 0 Å². The molecular formula is C21H22ClN3O. The van der Waals surface area contributed by atoms with Gasteiger partial charge in [0.2, 0.25) is 0 Å². The fourth-order valence-electron chi connectivity index (χ4n) is 2.73. The molecule has 0 saturated heterocycles. The third kappa shape index (κ3) is 4.33. The van der Waals surface area contributed by atoms with E-state index in [4.69, 9.17) is 11.6 Å². The molecule has 2 aromatic carbocycles. The average Bonchev–Trinajstić information content (AvgIpc) is 2.65. The third-order valence-corrected chi connectivity index (χ3v) is 4.55. The van der Waals surface area contributed by atoms with Crippen molar-refractivity contribution in [2.75, 3.05) is 11.9 Å². The van der Waals surface area contributed by atoms with E-state index < -0.39 is 0 Å². The summed E-state index contributed by atoms with van der Waals surface area (Å²) < 4.78 is 1.61. The molecule has 1 N–H and O–H groups in total. The molecule has 0 aliphatic carbocycles. The number of halogens is 1. The zero-order valence-corrected chi connectivity index (χ0v) is 15.7. The normalized spacial score (nSPS) is 10.9. The summed E-state index contributed by atoms with van der Waals surface area (Å²) in [5.41, 5.74) is 3.09. The van der Waals surface area contributed by atoms with E-state index in [0.29, 0.717) is 18.3 Å². The fraction of sp³-hybridized carbons (Fsp3) is 0.238. The van der Waals surface area contributed by atoms with Crippen molar-refractivity contribution in [1.82, 2.24) is 9.55 Å². The van der Waals surface area contributed by atoms with Crippen LogP contribution in [0.25, 0.3) is 5.69 Å². The number of anilines is 1. The first kappa shape index (κ1) is 18.2. The van der Waals surface area contributed by atoms with E-state index in [1.165, 1.54) is 5.56 Å². The summed E-state index contributed by atoms with van der Waals surface area (Å²) in [7, 11) is 0. The van der Waals surface area contributed by atoms with Gasteiger partial charge in [0.1, 0.15) is 0 Å². The predicted molar refractivity (Wildman–Crippen MR) is 108 cm³/mol. The van der Waals surface area contributed by atoms with Gasteiger partial charge in [-0.2, -0.15) is 0 Å². The highest BCUT2D eigenvalue weighted by Gasteiger charge is 2.07. The molecule has 1 aromatic heterocycles. The highest BCUT2D eigenvalue weighted by atomic mass is 35.5. The number of nitrogens with zero attached hydrogens (tertiary/aromatic N) is 2. The zero-order chi connectivity index (χ0) is 18.5. The van der Waals surface area contributed by atoms with Crippen LogP contribution in [0.3, 0.4) is 0 Å². The van der Waals surface area contributed by atoms with Crippen molar-refractivity contribution in [1.29, 1.82) is 0 Å². The van der Waals surface area contributed by atoms with E-state index in [1.54, 1.807) is 17.0 Å². The maximum Gasteiger partial charge on any atom is 0.297 e. The van der Waals surface area contributed by atoms with Crippen molar-refractivity contribution >= 4 is 17.4 Å². The minimum Gasteiger partial charge on any atom is -0.365 e. The summed E-state index contributed by atoms with van der Waals surface area (Å²) in [6.07, 6.45) is 4.12. The van der Waals surface area contributed by atoms with Crippen LogP contribution in [-0.4, -0.2) is 16.1 Å². The molecule has 0 aliphatic rings. The Morgan fingerprint density at radius 2 is 1.77 bits per heavy atom. The van der Waals surface area contributed by atoms with Crippen molar-refractivity contribution in [3.8, 4) is 5.69 Å². The second kappa shape index (κ2) is 8.19. The lowest BCUT2D eigenvalue weighted by Crippen LogP contribution is -2.24. The second-order valence-corrected chi connectivity index (χ2v) is 6.94. The van der Waals surface area contributed by atoms with E-state index in [2.05, 4.69) is 36.3 Å². The molecule has 0 radical (unpaired) electrons. The van der Waals surface area contributed by atoms with Gasteiger partial charge in [0.05, 0.1) is 0 Å². The molecule has 0 aliphatic heterocycles. The van der Waals surface area contributed by atoms with Crippen LogP contribution in [0.5, 0.6) is 0 Å². The van der Waals surface area contributed by atoms with Crippen LogP contribution < -0.4 is 10.9 Å². The molecule has 4 nitrogen and oxygen atoms in total. The Kier molecular flexibility index (Phi) is 5.74. The lowest BCUT2D eigenvalue weighted by atomic mass is 10.0. The van der Waals surface area contributed by atoms with E-state index in [1.807, 2.05) is 36.4 Å².